The predicted molar refractivity (Wildman–Crippen MR) is 127 cm³/mol. The molecule has 3 aromatic rings. The van der Waals surface area contributed by atoms with E-state index in [2.05, 4.69) is 33.9 Å². The number of hydrogen-bond donors (Lipinski definition) is 3. The highest BCUT2D eigenvalue weighted by Gasteiger charge is 2.29. The zero-order valence-electron chi connectivity index (χ0n) is 19.2. The predicted octanol–water partition coefficient (Wildman–Crippen LogP) is 4.14. The number of esters is 1. The van der Waals surface area contributed by atoms with Gasteiger partial charge < -0.3 is 20.1 Å². The van der Waals surface area contributed by atoms with Crippen LogP contribution in [0.2, 0.25) is 0 Å². The van der Waals surface area contributed by atoms with Gasteiger partial charge in [0.1, 0.15) is 11.7 Å². The largest absolute Gasteiger partial charge is 0.493 e. The Morgan fingerprint density at radius 2 is 1.88 bits per heavy atom. The topological polar surface area (TPSA) is 126 Å². The summed E-state index contributed by atoms with van der Waals surface area (Å²) in [6.45, 7) is 7.99. The minimum atomic E-state index is -0.983. The molecule has 1 atom stereocenters. The molecule has 2 heterocycles. The van der Waals surface area contributed by atoms with Crippen molar-refractivity contribution in [3.05, 3.63) is 51.4 Å². The Labute approximate surface area is 195 Å². The van der Waals surface area contributed by atoms with Crippen LogP contribution in [0.3, 0.4) is 0 Å². The fourth-order valence-corrected chi connectivity index (χ4v) is 4.14. The van der Waals surface area contributed by atoms with Crippen molar-refractivity contribution in [2.24, 2.45) is 5.92 Å². The molecule has 0 saturated heterocycles. The Hall–Kier alpha value is -3.40. The number of aromatic nitrogens is 3. The lowest BCUT2D eigenvalue weighted by Crippen LogP contribution is -2.33. The number of nitrogens with one attached hydrogen (secondary N) is 2. The Morgan fingerprint density at radius 3 is 2.45 bits per heavy atom. The molecule has 0 aliphatic rings. The highest BCUT2D eigenvalue weighted by Crippen LogP contribution is 2.32. The maximum Gasteiger partial charge on any atom is 0.357 e. The Bertz CT molecular complexity index is 1190. The molecule has 0 fully saturated rings. The molecular weight excluding hydrogens is 444 g/mol. The number of amides is 1. The summed E-state index contributed by atoms with van der Waals surface area (Å²) in [7, 11) is 1.24. The van der Waals surface area contributed by atoms with Gasteiger partial charge in [-0.1, -0.05) is 52.0 Å². The SMILES string of the molecule is COC(=O)c1csc(NC(=O)[C@H](CC(C)C)n2c(O)c(-c3ccc(C(C)C)cc3)[nH]c2=O)n1. The maximum atomic E-state index is 13.1. The number of H-pyrrole nitrogens is 1. The fourth-order valence-electron chi connectivity index (χ4n) is 3.46. The van der Waals surface area contributed by atoms with Gasteiger partial charge in [-0.15, -0.1) is 11.3 Å². The van der Waals surface area contributed by atoms with Gasteiger partial charge in [-0.05, 0) is 23.8 Å². The molecule has 1 aromatic carbocycles. The van der Waals surface area contributed by atoms with Crippen molar-refractivity contribution in [2.75, 3.05) is 12.4 Å². The average molecular weight is 473 g/mol. The molecule has 0 unspecified atom stereocenters. The lowest BCUT2D eigenvalue weighted by Gasteiger charge is -2.19. The number of imidazole rings is 1. The molecule has 3 rings (SSSR count). The van der Waals surface area contributed by atoms with E-state index in [1.165, 1.54) is 12.5 Å². The first-order valence-corrected chi connectivity index (χ1v) is 11.5. The monoisotopic (exact) mass is 472 g/mol. The number of carbonyl (C=O) groups excluding carboxylic acids is 2. The second-order valence-electron chi connectivity index (χ2n) is 8.44. The first kappa shape index (κ1) is 24.2. The molecule has 0 spiro atoms. The average Bonchev–Trinajstić information content (AvgIpc) is 3.35. The van der Waals surface area contributed by atoms with Crippen molar-refractivity contribution in [1.29, 1.82) is 0 Å². The van der Waals surface area contributed by atoms with Crippen LogP contribution in [0.5, 0.6) is 5.88 Å². The van der Waals surface area contributed by atoms with Gasteiger partial charge in [0.25, 0.3) is 0 Å². The zero-order chi connectivity index (χ0) is 24.3. The number of benzene rings is 1. The number of nitrogens with zero attached hydrogens (tertiary/aromatic N) is 2. The van der Waals surface area contributed by atoms with Gasteiger partial charge in [-0.2, -0.15) is 0 Å². The number of ether oxygens (including phenoxy) is 1. The molecule has 10 heteroatoms. The van der Waals surface area contributed by atoms with Crippen LogP contribution in [0.1, 0.15) is 62.1 Å². The highest BCUT2D eigenvalue weighted by atomic mass is 32.1. The van der Waals surface area contributed by atoms with Gasteiger partial charge in [0.2, 0.25) is 11.8 Å². The molecule has 0 aliphatic carbocycles. The van der Waals surface area contributed by atoms with E-state index in [9.17, 15) is 19.5 Å². The van der Waals surface area contributed by atoms with Crippen LogP contribution in [-0.4, -0.2) is 38.6 Å². The van der Waals surface area contributed by atoms with Crippen molar-refractivity contribution < 1.29 is 19.4 Å². The van der Waals surface area contributed by atoms with E-state index in [0.717, 1.165) is 21.5 Å². The van der Waals surface area contributed by atoms with Crippen LogP contribution in [0, 0.1) is 5.92 Å². The molecule has 0 saturated carbocycles. The van der Waals surface area contributed by atoms with E-state index in [0.29, 0.717) is 17.9 Å². The lowest BCUT2D eigenvalue weighted by molar-refractivity contribution is -0.119. The van der Waals surface area contributed by atoms with E-state index in [-0.39, 0.29) is 28.3 Å². The van der Waals surface area contributed by atoms with E-state index in [1.54, 1.807) is 0 Å². The van der Waals surface area contributed by atoms with Crippen LogP contribution in [0.15, 0.2) is 34.4 Å². The van der Waals surface area contributed by atoms with Crippen LogP contribution in [-0.2, 0) is 9.53 Å². The van der Waals surface area contributed by atoms with Gasteiger partial charge in [-0.3, -0.25) is 9.36 Å². The third-order valence-electron chi connectivity index (χ3n) is 5.21. The van der Waals surface area contributed by atoms with Gasteiger partial charge in [0.15, 0.2) is 10.8 Å². The summed E-state index contributed by atoms with van der Waals surface area (Å²) >= 11 is 1.07. The quantitative estimate of drug-likeness (QED) is 0.423. The van der Waals surface area contributed by atoms with Crippen molar-refractivity contribution in [3.8, 4) is 17.1 Å². The summed E-state index contributed by atoms with van der Waals surface area (Å²) in [4.78, 5) is 44.3. The molecule has 1 amide bonds. The Balaban J connectivity index is 1.94. The molecule has 33 heavy (non-hydrogen) atoms. The standard InChI is InChI=1S/C23H28N4O5S/c1-12(2)10-17(19(28)26-22-24-16(11-33-22)21(30)32-5)27-20(29)18(25-23(27)31)15-8-6-14(7-9-15)13(3)4/h6-9,11-13,17,29H,10H2,1-5H3,(H,25,31)(H,24,26,28)/t17-/m0/s1. The van der Waals surface area contributed by atoms with Gasteiger partial charge in [-0.25, -0.2) is 14.6 Å². The minimum absolute atomic E-state index is 0.0534. The van der Waals surface area contributed by atoms with Crippen molar-refractivity contribution in [3.63, 3.8) is 0 Å². The number of anilines is 1. The van der Waals surface area contributed by atoms with Gasteiger partial charge in [0.05, 0.1) is 7.11 Å². The number of thiazole rings is 1. The first-order chi connectivity index (χ1) is 15.6. The second-order valence-corrected chi connectivity index (χ2v) is 9.30. The molecule has 2 aromatic heterocycles. The fraction of sp³-hybridized carbons (Fsp3) is 0.391. The second kappa shape index (κ2) is 10.0. The van der Waals surface area contributed by atoms with Crippen LogP contribution in [0.4, 0.5) is 5.13 Å². The van der Waals surface area contributed by atoms with E-state index < -0.39 is 23.6 Å². The smallest absolute Gasteiger partial charge is 0.357 e. The lowest BCUT2D eigenvalue weighted by atomic mass is 10.0. The van der Waals surface area contributed by atoms with Crippen LogP contribution >= 0.6 is 11.3 Å². The number of aromatic hydroxyl groups is 1. The minimum Gasteiger partial charge on any atom is -0.493 e. The summed E-state index contributed by atoms with van der Waals surface area (Å²) in [5, 5.41) is 15.2. The number of carbonyl (C=O) groups is 2. The summed E-state index contributed by atoms with van der Waals surface area (Å²) in [5.41, 5.74) is 1.50. The molecular formula is C23H28N4O5S. The maximum absolute atomic E-state index is 13.1. The molecule has 0 aliphatic heterocycles. The van der Waals surface area contributed by atoms with E-state index >= 15 is 0 Å². The number of methoxy groups -OCH3 is 1. The first-order valence-electron chi connectivity index (χ1n) is 10.6. The number of aromatic amines is 1. The van der Waals surface area contributed by atoms with Gasteiger partial charge in [0, 0.05) is 10.9 Å². The summed E-state index contributed by atoms with van der Waals surface area (Å²) in [6.07, 6.45) is 0.304. The number of hydrogen-bond acceptors (Lipinski definition) is 7. The summed E-state index contributed by atoms with van der Waals surface area (Å²) in [6, 6.07) is 6.55. The highest BCUT2D eigenvalue weighted by molar-refractivity contribution is 7.14. The van der Waals surface area contributed by atoms with Crippen molar-refractivity contribution in [1.82, 2.24) is 14.5 Å². The Kier molecular flexibility index (Phi) is 7.37. The number of rotatable bonds is 8. The van der Waals surface area contributed by atoms with Gasteiger partial charge >= 0.3 is 11.7 Å². The molecule has 176 valence electrons. The normalized spacial score (nSPS) is 12.2. The van der Waals surface area contributed by atoms with Crippen molar-refractivity contribution in [2.45, 2.75) is 46.1 Å². The van der Waals surface area contributed by atoms with Crippen molar-refractivity contribution >= 4 is 28.3 Å². The van der Waals surface area contributed by atoms with E-state index in [4.69, 9.17) is 0 Å². The van der Waals surface area contributed by atoms with Crippen LogP contribution in [0.25, 0.3) is 11.3 Å². The third-order valence-corrected chi connectivity index (χ3v) is 5.96. The molecule has 0 bridgehead atoms. The van der Waals surface area contributed by atoms with E-state index in [1.807, 2.05) is 38.1 Å². The summed E-state index contributed by atoms with van der Waals surface area (Å²) < 4.78 is 5.70. The Morgan fingerprint density at radius 1 is 1.21 bits per heavy atom. The molecule has 9 nitrogen and oxygen atoms in total. The zero-order valence-corrected chi connectivity index (χ0v) is 20.0. The van der Waals surface area contributed by atoms with Crippen LogP contribution < -0.4 is 11.0 Å². The molecule has 3 N–H and O–H groups in total. The third kappa shape index (κ3) is 5.33. The summed E-state index contributed by atoms with van der Waals surface area (Å²) in [5.74, 6) is -1.04. The molecule has 0 radical (unpaired) electrons.